The van der Waals surface area contributed by atoms with Crippen LogP contribution in [0.25, 0.3) is 5.82 Å². The number of aromatic nitrogens is 3. The van der Waals surface area contributed by atoms with E-state index in [1.165, 1.54) is 14.2 Å². The van der Waals surface area contributed by atoms with E-state index in [9.17, 15) is 4.79 Å². The lowest BCUT2D eigenvalue weighted by Crippen LogP contribution is -2.13. The maximum absolute atomic E-state index is 12.5. The molecule has 26 heavy (non-hydrogen) atoms. The molecule has 0 fully saturated rings. The summed E-state index contributed by atoms with van der Waals surface area (Å²) in [5.74, 6) is 1.51. The minimum absolute atomic E-state index is 0.275. The van der Waals surface area contributed by atoms with E-state index in [-0.39, 0.29) is 5.91 Å². The van der Waals surface area contributed by atoms with E-state index < -0.39 is 0 Å². The van der Waals surface area contributed by atoms with E-state index in [4.69, 9.17) is 9.47 Å². The molecule has 1 amide bonds. The van der Waals surface area contributed by atoms with Crippen LogP contribution in [-0.4, -0.2) is 34.9 Å². The molecule has 0 atom stereocenters. The molecule has 0 aliphatic rings. The number of nitrogens with one attached hydrogen (secondary N) is 1. The Hall–Kier alpha value is -3.35. The van der Waals surface area contributed by atoms with Gasteiger partial charge in [-0.1, -0.05) is 0 Å². The SMILES string of the molecule is COc1cc(OC)cc(C(=O)Nc2ccc(-n3nc(C)cc3C)nc2)c1. The quantitative estimate of drug-likeness (QED) is 0.763. The van der Waals surface area contributed by atoms with Gasteiger partial charge in [0.05, 0.1) is 31.8 Å². The Kier molecular flexibility index (Phi) is 4.88. The number of aryl methyl sites for hydroxylation is 2. The summed E-state index contributed by atoms with van der Waals surface area (Å²) in [5.41, 5.74) is 2.94. The number of pyridine rings is 1. The van der Waals surface area contributed by atoms with Gasteiger partial charge >= 0.3 is 0 Å². The molecule has 0 aliphatic carbocycles. The second-order valence-electron chi connectivity index (χ2n) is 5.80. The van der Waals surface area contributed by atoms with Crippen molar-refractivity contribution in [3.63, 3.8) is 0 Å². The van der Waals surface area contributed by atoms with Crippen molar-refractivity contribution in [1.82, 2.24) is 14.8 Å². The summed E-state index contributed by atoms with van der Waals surface area (Å²) < 4.78 is 12.1. The molecule has 7 heteroatoms. The number of hydrogen-bond donors (Lipinski definition) is 1. The molecule has 3 rings (SSSR count). The molecule has 0 saturated carbocycles. The van der Waals surface area contributed by atoms with Crippen molar-refractivity contribution in [2.75, 3.05) is 19.5 Å². The van der Waals surface area contributed by atoms with Gasteiger partial charge in [0.1, 0.15) is 11.5 Å². The molecule has 0 bridgehead atoms. The monoisotopic (exact) mass is 352 g/mol. The first kappa shape index (κ1) is 17.5. The van der Waals surface area contributed by atoms with E-state index in [0.717, 1.165) is 11.4 Å². The number of carbonyl (C=O) groups is 1. The van der Waals surface area contributed by atoms with Gasteiger partial charge in [-0.2, -0.15) is 5.10 Å². The Morgan fingerprint density at radius 3 is 2.23 bits per heavy atom. The molecular formula is C19H20N4O3. The van der Waals surface area contributed by atoms with Gasteiger partial charge in [0.2, 0.25) is 0 Å². The number of carbonyl (C=O) groups excluding carboxylic acids is 1. The standard InChI is InChI=1S/C19H20N4O3/c1-12-7-13(2)23(22-12)18-6-5-15(11-20-18)21-19(24)14-8-16(25-3)10-17(9-14)26-4/h5-11H,1-4H3,(H,21,24). The van der Waals surface area contributed by atoms with Gasteiger partial charge in [0.15, 0.2) is 5.82 Å². The second kappa shape index (κ2) is 7.26. The first-order valence-electron chi connectivity index (χ1n) is 8.04. The fourth-order valence-corrected chi connectivity index (χ4v) is 2.59. The van der Waals surface area contributed by atoms with Crippen molar-refractivity contribution in [2.24, 2.45) is 0 Å². The van der Waals surface area contributed by atoms with Gasteiger partial charge in [-0.3, -0.25) is 4.79 Å². The number of anilines is 1. The highest BCUT2D eigenvalue weighted by atomic mass is 16.5. The zero-order valence-corrected chi connectivity index (χ0v) is 15.1. The topological polar surface area (TPSA) is 78.3 Å². The maximum atomic E-state index is 12.5. The zero-order chi connectivity index (χ0) is 18.7. The van der Waals surface area contributed by atoms with Crippen LogP contribution < -0.4 is 14.8 Å². The fraction of sp³-hybridized carbons (Fsp3) is 0.211. The lowest BCUT2D eigenvalue weighted by molar-refractivity contribution is 0.102. The Balaban J connectivity index is 1.79. The predicted molar refractivity (Wildman–Crippen MR) is 98.3 cm³/mol. The molecule has 1 N–H and O–H groups in total. The third-order valence-corrected chi connectivity index (χ3v) is 3.85. The van der Waals surface area contributed by atoms with Crippen molar-refractivity contribution >= 4 is 11.6 Å². The molecule has 0 spiro atoms. The number of ether oxygens (including phenoxy) is 2. The van der Waals surface area contributed by atoms with Gasteiger partial charge in [0, 0.05) is 17.3 Å². The Morgan fingerprint density at radius 1 is 1.04 bits per heavy atom. The number of hydrogen-bond acceptors (Lipinski definition) is 5. The van der Waals surface area contributed by atoms with E-state index >= 15 is 0 Å². The lowest BCUT2D eigenvalue weighted by atomic mass is 10.2. The van der Waals surface area contributed by atoms with Crippen molar-refractivity contribution in [2.45, 2.75) is 13.8 Å². The van der Waals surface area contributed by atoms with Crippen LogP contribution in [0, 0.1) is 13.8 Å². The molecule has 7 nitrogen and oxygen atoms in total. The van der Waals surface area contributed by atoms with Crippen LogP contribution in [0.3, 0.4) is 0 Å². The van der Waals surface area contributed by atoms with E-state index in [0.29, 0.717) is 28.6 Å². The second-order valence-corrected chi connectivity index (χ2v) is 5.80. The average Bonchev–Trinajstić information content (AvgIpc) is 3.00. The fourth-order valence-electron chi connectivity index (χ4n) is 2.59. The van der Waals surface area contributed by atoms with E-state index in [1.54, 1.807) is 41.2 Å². The van der Waals surface area contributed by atoms with Crippen LogP contribution in [0.15, 0.2) is 42.6 Å². The normalized spacial score (nSPS) is 10.5. The Bertz CT molecular complexity index is 910. The molecule has 0 saturated heterocycles. The highest BCUT2D eigenvalue weighted by Gasteiger charge is 2.11. The van der Waals surface area contributed by atoms with Crippen LogP contribution in [0.2, 0.25) is 0 Å². The largest absolute Gasteiger partial charge is 0.497 e. The van der Waals surface area contributed by atoms with Crippen molar-refractivity contribution < 1.29 is 14.3 Å². The van der Waals surface area contributed by atoms with Crippen molar-refractivity contribution in [3.8, 4) is 17.3 Å². The van der Waals surface area contributed by atoms with Crippen molar-refractivity contribution in [1.29, 1.82) is 0 Å². The molecule has 0 aliphatic heterocycles. The average molecular weight is 352 g/mol. The Labute approximate surface area is 151 Å². The maximum Gasteiger partial charge on any atom is 0.255 e. The first-order chi connectivity index (χ1) is 12.5. The molecule has 1 aromatic carbocycles. The number of rotatable bonds is 5. The summed E-state index contributed by atoms with van der Waals surface area (Å²) in [6, 6.07) is 10.6. The van der Waals surface area contributed by atoms with Gasteiger partial charge in [-0.15, -0.1) is 0 Å². The highest BCUT2D eigenvalue weighted by molar-refractivity contribution is 6.04. The number of benzene rings is 1. The summed E-state index contributed by atoms with van der Waals surface area (Å²) in [6.07, 6.45) is 1.60. The summed E-state index contributed by atoms with van der Waals surface area (Å²) in [7, 11) is 3.08. The van der Waals surface area contributed by atoms with Gasteiger partial charge in [-0.25, -0.2) is 9.67 Å². The number of nitrogens with zero attached hydrogens (tertiary/aromatic N) is 3. The number of amides is 1. The molecule has 134 valence electrons. The van der Waals surface area contributed by atoms with Crippen LogP contribution in [0.1, 0.15) is 21.7 Å². The summed E-state index contributed by atoms with van der Waals surface area (Å²) in [6.45, 7) is 3.90. The predicted octanol–water partition coefficient (Wildman–Crippen LogP) is 3.15. The molecule has 0 radical (unpaired) electrons. The number of methoxy groups -OCH3 is 2. The van der Waals surface area contributed by atoms with Crippen LogP contribution in [-0.2, 0) is 0 Å². The summed E-state index contributed by atoms with van der Waals surface area (Å²) >= 11 is 0. The van der Waals surface area contributed by atoms with Crippen LogP contribution in [0.5, 0.6) is 11.5 Å². The molecule has 2 heterocycles. The van der Waals surface area contributed by atoms with E-state index in [1.807, 2.05) is 19.9 Å². The van der Waals surface area contributed by atoms with Gasteiger partial charge < -0.3 is 14.8 Å². The molecule has 0 unspecified atom stereocenters. The molecule has 2 aromatic heterocycles. The highest BCUT2D eigenvalue weighted by Crippen LogP contribution is 2.23. The minimum Gasteiger partial charge on any atom is -0.497 e. The third kappa shape index (κ3) is 3.66. The lowest BCUT2D eigenvalue weighted by Gasteiger charge is -2.10. The summed E-state index contributed by atoms with van der Waals surface area (Å²) in [4.78, 5) is 16.9. The molecule has 3 aromatic rings. The Morgan fingerprint density at radius 2 is 1.73 bits per heavy atom. The smallest absolute Gasteiger partial charge is 0.255 e. The van der Waals surface area contributed by atoms with Crippen LogP contribution in [0.4, 0.5) is 5.69 Å². The third-order valence-electron chi connectivity index (χ3n) is 3.85. The van der Waals surface area contributed by atoms with Crippen LogP contribution >= 0.6 is 0 Å². The molecular weight excluding hydrogens is 332 g/mol. The zero-order valence-electron chi connectivity index (χ0n) is 15.1. The van der Waals surface area contributed by atoms with E-state index in [2.05, 4.69) is 15.4 Å². The first-order valence-corrected chi connectivity index (χ1v) is 8.04. The van der Waals surface area contributed by atoms with Crippen molar-refractivity contribution in [3.05, 3.63) is 59.5 Å². The minimum atomic E-state index is -0.275. The van der Waals surface area contributed by atoms with Gasteiger partial charge in [-0.05, 0) is 44.2 Å². The van der Waals surface area contributed by atoms with Gasteiger partial charge in [0.25, 0.3) is 5.91 Å². The summed E-state index contributed by atoms with van der Waals surface area (Å²) in [5, 5.41) is 7.21.